The number of carbonyl (C=O) groups is 1. The second-order valence-electron chi connectivity index (χ2n) is 6.00. The zero-order valence-corrected chi connectivity index (χ0v) is 14.9. The highest BCUT2D eigenvalue weighted by molar-refractivity contribution is 6.05. The van der Waals surface area contributed by atoms with Crippen molar-refractivity contribution < 1.29 is 14.3 Å². The van der Waals surface area contributed by atoms with Crippen molar-refractivity contribution >= 4 is 11.6 Å². The molecule has 1 amide bonds. The van der Waals surface area contributed by atoms with E-state index in [1.165, 1.54) is 0 Å². The zero-order chi connectivity index (χ0) is 18.4. The predicted molar refractivity (Wildman–Crippen MR) is 103 cm³/mol. The molecule has 0 radical (unpaired) electrons. The van der Waals surface area contributed by atoms with Gasteiger partial charge in [-0.25, -0.2) is 0 Å². The highest BCUT2D eigenvalue weighted by Crippen LogP contribution is 2.29. The Morgan fingerprint density at radius 2 is 1.62 bits per heavy atom. The quantitative estimate of drug-likeness (QED) is 0.668. The second-order valence-corrected chi connectivity index (χ2v) is 6.00. The summed E-state index contributed by atoms with van der Waals surface area (Å²) < 4.78 is 11.0. The number of hydrogen-bond acceptors (Lipinski definition) is 3. The molecule has 0 aliphatic heterocycles. The van der Waals surface area contributed by atoms with Crippen LogP contribution in [0.5, 0.6) is 11.5 Å². The number of amides is 1. The zero-order valence-electron chi connectivity index (χ0n) is 14.9. The summed E-state index contributed by atoms with van der Waals surface area (Å²) in [5.74, 6) is 1.14. The summed E-state index contributed by atoms with van der Waals surface area (Å²) in [7, 11) is 1.64. The highest BCUT2D eigenvalue weighted by Gasteiger charge is 2.10. The molecule has 4 nitrogen and oxygen atoms in total. The number of anilines is 1. The van der Waals surface area contributed by atoms with Gasteiger partial charge in [0.05, 0.1) is 12.3 Å². The maximum atomic E-state index is 12.5. The smallest absolute Gasteiger partial charge is 0.255 e. The number of para-hydroxylation sites is 2. The van der Waals surface area contributed by atoms with E-state index in [4.69, 9.17) is 9.47 Å². The molecule has 0 saturated heterocycles. The molecule has 0 aliphatic rings. The molecule has 132 valence electrons. The predicted octanol–water partition coefficient (Wildman–Crippen LogP) is 5.19. The summed E-state index contributed by atoms with van der Waals surface area (Å²) in [4.78, 5) is 12.5. The number of rotatable bonds is 6. The van der Waals surface area contributed by atoms with E-state index in [9.17, 15) is 4.79 Å². The van der Waals surface area contributed by atoms with E-state index in [2.05, 4.69) is 5.32 Å². The molecular weight excluding hydrogens is 326 g/mol. The van der Waals surface area contributed by atoms with Crippen LogP contribution in [0.3, 0.4) is 0 Å². The number of benzene rings is 3. The van der Waals surface area contributed by atoms with Crippen LogP contribution < -0.4 is 10.1 Å². The summed E-state index contributed by atoms with van der Waals surface area (Å²) in [5, 5.41) is 2.91. The number of aryl methyl sites for hydroxylation is 1. The number of ether oxygens (including phenoxy) is 2. The number of nitrogens with one attached hydrogen (secondary N) is 1. The first-order valence-electron chi connectivity index (χ1n) is 8.38. The number of hydrogen-bond donors (Lipinski definition) is 1. The molecule has 1 N–H and O–H groups in total. The molecule has 3 aromatic carbocycles. The minimum Gasteiger partial charge on any atom is -0.455 e. The van der Waals surface area contributed by atoms with Crippen LogP contribution in [0.4, 0.5) is 5.69 Å². The van der Waals surface area contributed by atoms with Crippen molar-refractivity contribution in [1.29, 1.82) is 0 Å². The molecule has 4 heteroatoms. The van der Waals surface area contributed by atoms with Crippen LogP contribution >= 0.6 is 0 Å². The van der Waals surface area contributed by atoms with Crippen molar-refractivity contribution in [1.82, 2.24) is 0 Å². The molecule has 0 bridgehead atoms. The maximum absolute atomic E-state index is 12.5. The van der Waals surface area contributed by atoms with Crippen molar-refractivity contribution in [3.63, 3.8) is 0 Å². The van der Waals surface area contributed by atoms with E-state index in [0.29, 0.717) is 23.6 Å². The third-order valence-corrected chi connectivity index (χ3v) is 3.91. The monoisotopic (exact) mass is 347 g/mol. The van der Waals surface area contributed by atoms with E-state index < -0.39 is 0 Å². The largest absolute Gasteiger partial charge is 0.455 e. The van der Waals surface area contributed by atoms with Gasteiger partial charge in [0.25, 0.3) is 5.91 Å². The van der Waals surface area contributed by atoms with Crippen molar-refractivity contribution in [2.24, 2.45) is 0 Å². The minimum atomic E-state index is -0.186. The second kappa shape index (κ2) is 8.32. The van der Waals surface area contributed by atoms with E-state index >= 15 is 0 Å². The Kier molecular flexibility index (Phi) is 5.66. The number of carbonyl (C=O) groups excluding carboxylic acids is 1. The molecule has 3 aromatic rings. The van der Waals surface area contributed by atoms with Gasteiger partial charge in [-0.15, -0.1) is 0 Å². The minimum absolute atomic E-state index is 0.186. The van der Waals surface area contributed by atoms with Crippen LogP contribution in [-0.2, 0) is 11.3 Å². The fourth-order valence-electron chi connectivity index (χ4n) is 2.51. The van der Waals surface area contributed by atoms with E-state index in [1.54, 1.807) is 19.2 Å². The average Bonchev–Trinajstić information content (AvgIpc) is 2.66. The van der Waals surface area contributed by atoms with Crippen molar-refractivity contribution in [3.05, 3.63) is 89.5 Å². The molecule has 0 aliphatic carbocycles. The van der Waals surface area contributed by atoms with Gasteiger partial charge in [0, 0.05) is 12.7 Å². The van der Waals surface area contributed by atoms with Crippen LogP contribution in [0, 0.1) is 6.92 Å². The van der Waals surface area contributed by atoms with Crippen LogP contribution in [0.2, 0.25) is 0 Å². The molecular formula is C22H21NO3. The lowest BCUT2D eigenvalue weighted by atomic mass is 10.1. The van der Waals surface area contributed by atoms with Crippen LogP contribution in [0.1, 0.15) is 21.5 Å². The third kappa shape index (κ3) is 4.49. The summed E-state index contributed by atoms with van der Waals surface area (Å²) in [6, 6.07) is 22.5. The fraction of sp³-hybridized carbons (Fsp3) is 0.136. The Morgan fingerprint density at radius 1 is 0.923 bits per heavy atom. The Hall–Kier alpha value is -3.11. The average molecular weight is 347 g/mol. The molecule has 0 fully saturated rings. The molecule has 0 aromatic heterocycles. The first-order chi connectivity index (χ1) is 12.7. The van der Waals surface area contributed by atoms with Gasteiger partial charge in [-0.05, 0) is 48.9 Å². The number of methoxy groups -OCH3 is 1. The Morgan fingerprint density at radius 3 is 2.31 bits per heavy atom. The van der Waals surface area contributed by atoms with Gasteiger partial charge >= 0.3 is 0 Å². The fourth-order valence-corrected chi connectivity index (χ4v) is 2.51. The highest BCUT2D eigenvalue weighted by atomic mass is 16.5. The van der Waals surface area contributed by atoms with Crippen LogP contribution in [0.25, 0.3) is 0 Å². The van der Waals surface area contributed by atoms with Crippen molar-refractivity contribution in [2.45, 2.75) is 13.5 Å². The lowest BCUT2D eigenvalue weighted by Crippen LogP contribution is -2.12. The van der Waals surface area contributed by atoms with Gasteiger partial charge in [-0.3, -0.25) is 4.79 Å². The van der Waals surface area contributed by atoms with Crippen molar-refractivity contribution in [2.75, 3.05) is 12.4 Å². The molecule has 0 atom stereocenters. The Bertz CT molecular complexity index is 871. The summed E-state index contributed by atoms with van der Waals surface area (Å²) in [6.45, 7) is 2.55. The standard InChI is InChI=1S/C22H21NO3/c1-16-7-13-19(14-8-16)26-21-6-4-3-5-20(21)23-22(24)18-11-9-17(10-12-18)15-25-2/h3-14H,15H2,1-2H3,(H,23,24). The van der Waals surface area contributed by atoms with E-state index in [1.807, 2.05) is 67.6 Å². The van der Waals surface area contributed by atoms with Crippen LogP contribution in [0.15, 0.2) is 72.8 Å². The molecule has 0 saturated carbocycles. The Balaban J connectivity index is 1.75. The van der Waals surface area contributed by atoms with E-state index in [0.717, 1.165) is 16.9 Å². The SMILES string of the molecule is COCc1ccc(C(=O)Nc2ccccc2Oc2ccc(C)cc2)cc1. The molecule has 0 heterocycles. The van der Waals surface area contributed by atoms with Gasteiger partial charge in [0.1, 0.15) is 5.75 Å². The third-order valence-electron chi connectivity index (χ3n) is 3.91. The van der Waals surface area contributed by atoms with Gasteiger partial charge in [-0.2, -0.15) is 0 Å². The lowest BCUT2D eigenvalue weighted by molar-refractivity contribution is 0.102. The lowest BCUT2D eigenvalue weighted by Gasteiger charge is -2.12. The molecule has 26 heavy (non-hydrogen) atoms. The molecule has 0 unspecified atom stereocenters. The summed E-state index contributed by atoms with van der Waals surface area (Å²) in [6.07, 6.45) is 0. The first-order valence-corrected chi connectivity index (χ1v) is 8.38. The van der Waals surface area contributed by atoms with Gasteiger partial charge in [-0.1, -0.05) is 42.0 Å². The molecule has 3 rings (SSSR count). The maximum Gasteiger partial charge on any atom is 0.255 e. The van der Waals surface area contributed by atoms with E-state index in [-0.39, 0.29) is 5.91 Å². The Labute approximate surface area is 153 Å². The van der Waals surface area contributed by atoms with Gasteiger partial charge < -0.3 is 14.8 Å². The van der Waals surface area contributed by atoms with Gasteiger partial charge in [0.15, 0.2) is 5.75 Å². The first kappa shape index (κ1) is 17.7. The topological polar surface area (TPSA) is 47.6 Å². The normalized spacial score (nSPS) is 10.4. The van der Waals surface area contributed by atoms with Crippen LogP contribution in [-0.4, -0.2) is 13.0 Å². The molecule has 0 spiro atoms. The van der Waals surface area contributed by atoms with Crippen molar-refractivity contribution in [3.8, 4) is 11.5 Å². The van der Waals surface area contributed by atoms with Gasteiger partial charge in [0.2, 0.25) is 0 Å². The summed E-state index contributed by atoms with van der Waals surface area (Å²) in [5.41, 5.74) is 3.39. The summed E-state index contributed by atoms with van der Waals surface area (Å²) >= 11 is 0.